The zero-order valence-corrected chi connectivity index (χ0v) is 17.4. The Morgan fingerprint density at radius 1 is 1.23 bits per heavy atom. The van der Waals surface area contributed by atoms with Crippen molar-refractivity contribution in [2.75, 3.05) is 7.05 Å². The smallest absolute Gasteiger partial charge is 0.412 e. The van der Waals surface area contributed by atoms with E-state index >= 15 is 0 Å². The van der Waals surface area contributed by atoms with Crippen molar-refractivity contribution in [3.8, 4) is 5.75 Å². The molecule has 30 heavy (non-hydrogen) atoms. The summed E-state index contributed by atoms with van der Waals surface area (Å²) < 4.78 is 7.39. The number of pyridine rings is 1. The summed E-state index contributed by atoms with van der Waals surface area (Å²) >= 11 is 0. The summed E-state index contributed by atoms with van der Waals surface area (Å²) in [6.07, 6.45) is 2.15. The van der Waals surface area contributed by atoms with E-state index in [0.717, 1.165) is 28.0 Å². The summed E-state index contributed by atoms with van der Waals surface area (Å²) in [5, 5.41) is 11.9. The molecule has 1 aliphatic carbocycles. The van der Waals surface area contributed by atoms with Crippen molar-refractivity contribution in [3.05, 3.63) is 63.1 Å². The van der Waals surface area contributed by atoms with Gasteiger partial charge >= 0.3 is 12.1 Å². The zero-order valence-electron chi connectivity index (χ0n) is 17.4. The van der Waals surface area contributed by atoms with Crippen LogP contribution in [0.1, 0.15) is 60.4 Å². The number of aromatic carboxylic acids is 1. The number of rotatable bonds is 2. The third-order valence-electron chi connectivity index (χ3n) is 5.93. The number of amides is 1. The van der Waals surface area contributed by atoms with Crippen LogP contribution in [0, 0.1) is 5.41 Å². The van der Waals surface area contributed by atoms with Gasteiger partial charge in [-0.1, -0.05) is 32.9 Å². The van der Waals surface area contributed by atoms with Gasteiger partial charge in [-0.05, 0) is 34.6 Å². The van der Waals surface area contributed by atoms with Gasteiger partial charge in [-0.2, -0.15) is 0 Å². The van der Waals surface area contributed by atoms with Crippen molar-refractivity contribution < 1.29 is 19.4 Å². The lowest BCUT2D eigenvalue weighted by Gasteiger charge is -2.39. The van der Waals surface area contributed by atoms with Gasteiger partial charge in [0.25, 0.3) is 0 Å². The fraction of sp³-hybridized carbons (Fsp3) is 0.348. The summed E-state index contributed by atoms with van der Waals surface area (Å²) in [4.78, 5) is 35.8. The Morgan fingerprint density at radius 3 is 2.60 bits per heavy atom. The van der Waals surface area contributed by atoms with Gasteiger partial charge in [0.2, 0.25) is 0 Å². The second-order valence-electron chi connectivity index (χ2n) is 8.79. The number of nitrogens with zero attached hydrogens (tertiary/aromatic N) is 1. The first kappa shape index (κ1) is 19.9. The van der Waals surface area contributed by atoms with Crippen LogP contribution in [0.15, 0.2) is 35.3 Å². The zero-order chi connectivity index (χ0) is 21.8. The first-order chi connectivity index (χ1) is 14.1. The number of benzene rings is 1. The minimum absolute atomic E-state index is 0.0283. The Balaban J connectivity index is 1.90. The molecule has 0 saturated carbocycles. The highest BCUT2D eigenvalue weighted by Gasteiger charge is 2.38. The minimum Gasteiger partial charge on any atom is -0.477 e. The number of fused-ring (bicyclic) bond motifs is 4. The van der Waals surface area contributed by atoms with Crippen LogP contribution in [-0.4, -0.2) is 28.8 Å². The van der Waals surface area contributed by atoms with Crippen molar-refractivity contribution >= 4 is 23.2 Å². The van der Waals surface area contributed by atoms with E-state index in [-0.39, 0.29) is 17.0 Å². The van der Waals surface area contributed by atoms with E-state index < -0.39 is 17.5 Å². The summed E-state index contributed by atoms with van der Waals surface area (Å²) in [6, 6.07) is 7.03. The van der Waals surface area contributed by atoms with Crippen molar-refractivity contribution in [1.29, 1.82) is 0 Å². The Labute approximate surface area is 174 Å². The summed E-state index contributed by atoms with van der Waals surface area (Å²) in [6.45, 7) is 6.31. The Kier molecular flexibility index (Phi) is 4.56. The molecule has 2 N–H and O–H groups in total. The first-order valence-corrected chi connectivity index (χ1v) is 9.85. The molecular formula is C23H24N2O5. The molecule has 4 rings (SSSR count). The van der Waals surface area contributed by atoms with E-state index in [1.165, 1.54) is 19.3 Å². The van der Waals surface area contributed by atoms with E-state index in [4.69, 9.17) is 4.74 Å². The van der Waals surface area contributed by atoms with Crippen LogP contribution in [-0.2, 0) is 6.42 Å². The van der Waals surface area contributed by atoms with Crippen molar-refractivity contribution in [3.63, 3.8) is 0 Å². The van der Waals surface area contributed by atoms with Crippen molar-refractivity contribution in [1.82, 2.24) is 9.88 Å². The third-order valence-corrected chi connectivity index (χ3v) is 5.93. The standard InChI is InChI=1S/C23H24N2O5/c1-23(2,3)20-9-13-12-6-5-7-19(30-22(29)24-4)15(12)8-14(13)17-10-18(26)16(21(27)28)11-25(17)20/h5-7,10-11,20H,8-9H2,1-4H3,(H,24,29)(H,27,28)/t20-/m0/s1. The third kappa shape index (κ3) is 3.10. The summed E-state index contributed by atoms with van der Waals surface area (Å²) in [5.74, 6) is -0.733. The Bertz CT molecular complexity index is 1170. The molecule has 2 heterocycles. The highest BCUT2D eigenvalue weighted by atomic mass is 16.6. The maximum Gasteiger partial charge on any atom is 0.412 e. The average molecular weight is 408 g/mol. The summed E-state index contributed by atoms with van der Waals surface area (Å²) in [7, 11) is 1.51. The van der Waals surface area contributed by atoms with E-state index in [1.54, 1.807) is 6.07 Å². The SMILES string of the molecule is CNC(=O)Oc1cccc2c1CC1=C2C[C@@H](C(C)(C)C)n2cc(C(=O)O)c(=O)cc21. The molecule has 156 valence electrons. The number of carbonyl (C=O) groups is 2. The van der Waals surface area contributed by atoms with Crippen LogP contribution in [0.4, 0.5) is 4.79 Å². The highest BCUT2D eigenvalue weighted by Crippen LogP contribution is 2.51. The molecule has 2 aromatic rings. The van der Waals surface area contributed by atoms with E-state index in [1.807, 2.05) is 16.7 Å². The second-order valence-corrected chi connectivity index (χ2v) is 8.79. The van der Waals surface area contributed by atoms with Crippen LogP contribution in [0.5, 0.6) is 5.75 Å². The monoisotopic (exact) mass is 408 g/mol. The number of allylic oxidation sites excluding steroid dienone is 2. The van der Waals surface area contributed by atoms with Gasteiger partial charge in [0.05, 0.1) is 0 Å². The van der Waals surface area contributed by atoms with Gasteiger partial charge in [0.15, 0.2) is 5.43 Å². The molecule has 0 saturated heterocycles. The number of nitrogens with one attached hydrogen (secondary N) is 1. The molecule has 0 spiro atoms. The molecule has 0 fully saturated rings. The lowest BCUT2D eigenvalue weighted by atomic mass is 9.78. The molecule has 7 heteroatoms. The number of hydrogen-bond acceptors (Lipinski definition) is 4. The number of carboxylic acid groups (broad SMARTS) is 1. The molecule has 0 bridgehead atoms. The molecular weight excluding hydrogens is 384 g/mol. The maximum absolute atomic E-state index is 12.5. The highest BCUT2D eigenvalue weighted by molar-refractivity contribution is 5.99. The number of ether oxygens (including phenoxy) is 1. The average Bonchev–Trinajstić information content (AvgIpc) is 3.06. The molecule has 0 radical (unpaired) electrons. The van der Waals surface area contributed by atoms with Crippen LogP contribution in [0.25, 0.3) is 11.1 Å². The van der Waals surface area contributed by atoms with Crippen LogP contribution in [0.3, 0.4) is 0 Å². The fourth-order valence-electron chi connectivity index (χ4n) is 4.43. The molecule has 1 aliphatic heterocycles. The lowest BCUT2D eigenvalue weighted by molar-refractivity contribution is 0.0693. The second kappa shape index (κ2) is 6.86. The summed E-state index contributed by atoms with van der Waals surface area (Å²) in [5.41, 5.74) is 3.85. The lowest BCUT2D eigenvalue weighted by Crippen LogP contribution is -2.32. The number of carbonyl (C=O) groups excluding carboxylic acids is 1. The Hall–Kier alpha value is -3.35. The quantitative estimate of drug-likeness (QED) is 0.789. The van der Waals surface area contributed by atoms with Gasteiger partial charge < -0.3 is 19.7 Å². The van der Waals surface area contributed by atoms with Crippen LogP contribution in [0.2, 0.25) is 0 Å². The van der Waals surface area contributed by atoms with E-state index in [2.05, 4.69) is 26.1 Å². The number of aromatic nitrogens is 1. The van der Waals surface area contributed by atoms with Gasteiger partial charge in [-0.3, -0.25) is 4.79 Å². The molecule has 1 atom stereocenters. The molecule has 0 unspecified atom stereocenters. The van der Waals surface area contributed by atoms with Crippen LogP contribution >= 0.6 is 0 Å². The fourth-order valence-corrected chi connectivity index (χ4v) is 4.43. The van der Waals surface area contributed by atoms with E-state index in [9.17, 15) is 19.5 Å². The van der Waals surface area contributed by atoms with E-state index in [0.29, 0.717) is 18.6 Å². The van der Waals surface area contributed by atoms with Crippen molar-refractivity contribution in [2.45, 2.75) is 39.7 Å². The normalized spacial score (nSPS) is 17.1. The molecule has 1 aromatic heterocycles. The number of carboxylic acids is 1. The predicted octanol–water partition coefficient (Wildman–Crippen LogP) is 3.72. The molecule has 1 aromatic carbocycles. The van der Waals surface area contributed by atoms with Crippen LogP contribution < -0.4 is 15.5 Å². The maximum atomic E-state index is 12.5. The van der Waals surface area contributed by atoms with Gasteiger partial charge in [-0.15, -0.1) is 0 Å². The molecule has 1 amide bonds. The predicted molar refractivity (Wildman–Crippen MR) is 113 cm³/mol. The number of hydrogen-bond donors (Lipinski definition) is 2. The van der Waals surface area contributed by atoms with Gasteiger partial charge in [-0.25, -0.2) is 9.59 Å². The van der Waals surface area contributed by atoms with Gasteiger partial charge in [0.1, 0.15) is 11.3 Å². The molecule has 7 nitrogen and oxygen atoms in total. The topological polar surface area (TPSA) is 97.6 Å². The Morgan fingerprint density at radius 2 is 1.97 bits per heavy atom. The van der Waals surface area contributed by atoms with Crippen molar-refractivity contribution in [2.24, 2.45) is 5.41 Å². The first-order valence-electron chi connectivity index (χ1n) is 9.85. The molecule has 2 aliphatic rings. The largest absolute Gasteiger partial charge is 0.477 e. The minimum atomic E-state index is -1.22. The van der Waals surface area contributed by atoms with Gasteiger partial charge in [0, 0.05) is 43.0 Å².